The van der Waals surface area contributed by atoms with E-state index < -0.39 is 5.60 Å². The molecular formula is C18H32N2O3. The van der Waals surface area contributed by atoms with Gasteiger partial charge in [0.05, 0.1) is 0 Å². The lowest BCUT2D eigenvalue weighted by Gasteiger charge is -2.35. The van der Waals surface area contributed by atoms with E-state index in [4.69, 9.17) is 4.74 Å². The van der Waals surface area contributed by atoms with Crippen LogP contribution in [0.2, 0.25) is 0 Å². The van der Waals surface area contributed by atoms with Crippen molar-refractivity contribution < 1.29 is 14.3 Å². The first-order chi connectivity index (χ1) is 10.8. The van der Waals surface area contributed by atoms with E-state index in [1.165, 1.54) is 19.3 Å². The molecule has 5 heteroatoms. The molecule has 0 bridgehead atoms. The Hall–Kier alpha value is -1.26. The summed E-state index contributed by atoms with van der Waals surface area (Å²) in [4.78, 5) is 26.2. The summed E-state index contributed by atoms with van der Waals surface area (Å²) < 4.78 is 5.39. The first-order valence-electron chi connectivity index (χ1n) is 9.04. The second-order valence-corrected chi connectivity index (χ2v) is 8.12. The molecule has 1 aliphatic heterocycles. The van der Waals surface area contributed by atoms with Crippen molar-refractivity contribution in [2.24, 2.45) is 11.8 Å². The molecule has 1 saturated carbocycles. The number of ether oxygens (including phenoxy) is 1. The first kappa shape index (κ1) is 18.1. The lowest BCUT2D eigenvalue weighted by molar-refractivity contribution is -0.127. The van der Waals surface area contributed by atoms with Crippen LogP contribution in [0.4, 0.5) is 4.79 Å². The van der Waals surface area contributed by atoms with Gasteiger partial charge in [-0.2, -0.15) is 0 Å². The van der Waals surface area contributed by atoms with Gasteiger partial charge in [0.25, 0.3) is 0 Å². The molecule has 2 unspecified atom stereocenters. The van der Waals surface area contributed by atoms with Crippen LogP contribution in [-0.2, 0) is 9.53 Å². The number of carbonyl (C=O) groups is 2. The minimum Gasteiger partial charge on any atom is -0.444 e. The Morgan fingerprint density at radius 2 is 1.65 bits per heavy atom. The third-order valence-electron chi connectivity index (χ3n) is 4.96. The van der Waals surface area contributed by atoms with Crippen molar-refractivity contribution in [2.45, 2.75) is 77.9 Å². The molecule has 1 heterocycles. The van der Waals surface area contributed by atoms with Crippen LogP contribution in [0, 0.1) is 11.8 Å². The van der Waals surface area contributed by atoms with Gasteiger partial charge in [-0.05, 0) is 52.4 Å². The number of carbonyl (C=O) groups excluding carboxylic acids is 2. The van der Waals surface area contributed by atoms with Crippen molar-refractivity contribution in [2.75, 3.05) is 13.1 Å². The van der Waals surface area contributed by atoms with Crippen LogP contribution in [0.1, 0.15) is 66.2 Å². The van der Waals surface area contributed by atoms with Gasteiger partial charge in [0, 0.05) is 25.0 Å². The van der Waals surface area contributed by atoms with Crippen LogP contribution >= 0.6 is 0 Å². The molecule has 132 valence electrons. The van der Waals surface area contributed by atoms with Crippen LogP contribution in [0.15, 0.2) is 0 Å². The summed E-state index contributed by atoms with van der Waals surface area (Å²) in [5, 5.41) is 3.25. The molecule has 2 amide bonds. The molecule has 0 aromatic carbocycles. The van der Waals surface area contributed by atoms with Gasteiger partial charge < -0.3 is 15.0 Å². The Morgan fingerprint density at radius 1 is 1.04 bits per heavy atom. The van der Waals surface area contributed by atoms with Crippen LogP contribution < -0.4 is 5.32 Å². The number of hydrogen-bond acceptors (Lipinski definition) is 3. The summed E-state index contributed by atoms with van der Waals surface area (Å²) in [5.74, 6) is 0.782. The predicted molar refractivity (Wildman–Crippen MR) is 90.1 cm³/mol. The van der Waals surface area contributed by atoms with Gasteiger partial charge in [-0.25, -0.2) is 4.79 Å². The zero-order chi connectivity index (χ0) is 17.0. The lowest BCUT2D eigenvalue weighted by atomic mass is 9.85. The molecule has 1 aliphatic carbocycles. The lowest BCUT2D eigenvalue weighted by Crippen LogP contribution is -2.48. The number of nitrogens with zero attached hydrogens (tertiary/aromatic N) is 1. The fraction of sp³-hybridized carbons (Fsp3) is 0.889. The highest BCUT2D eigenvalue weighted by molar-refractivity contribution is 5.79. The number of hydrogen-bond donors (Lipinski definition) is 1. The van der Waals surface area contributed by atoms with Crippen molar-refractivity contribution in [1.29, 1.82) is 0 Å². The summed E-state index contributed by atoms with van der Waals surface area (Å²) in [5.41, 5.74) is -0.470. The summed E-state index contributed by atoms with van der Waals surface area (Å²) in [7, 11) is 0. The van der Waals surface area contributed by atoms with Gasteiger partial charge in [0.1, 0.15) is 5.60 Å². The van der Waals surface area contributed by atoms with E-state index in [1.54, 1.807) is 4.90 Å². The normalized spacial score (nSPS) is 26.7. The highest BCUT2D eigenvalue weighted by atomic mass is 16.6. The van der Waals surface area contributed by atoms with Crippen molar-refractivity contribution >= 4 is 12.0 Å². The van der Waals surface area contributed by atoms with Gasteiger partial charge in [-0.1, -0.05) is 19.8 Å². The molecule has 0 radical (unpaired) electrons. The molecule has 23 heavy (non-hydrogen) atoms. The molecule has 1 N–H and O–H groups in total. The number of nitrogens with one attached hydrogen (secondary N) is 1. The Morgan fingerprint density at radius 3 is 2.22 bits per heavy atom. The summed E-state index contributed by atoms with van der Waals surface area (Å²) in [6.07, 6.45) is 6.00. The van der Waals surface area contributed by atoms with Gasteiger partial charge in [0.2, 0.25) is 5.91 Å². The summed E-state index contributed by atoms with van der Waals surface area (Å²) >= 11 is 0. The monoisotopic (exact) mass is 324 g/mol. The van der Waals surface area contributed by atoms with Crippen LogP contribution in [0.5, 0.6) is 0 Å². The maximum Gasteiger partial charge on any atom is 0.410 e. The number of piperidine rings is 1. The molecule has 5 nitrogen and oxygen atoms in total. The fourth-order valence-electron chi connectivity index (χ4n) is 3.48. The van der Waals surface area contributed by atoms with E-state index in [9.17, 15) is 9.59 Å². The topological polar surface area (TPSA) is 58.6 Å². The third-order valence-corrected chi connectivity index (χ3v) is 4.96. The van der Waals surface area contributed by atoms with Crippen molar-refractivity contribution in [3.63, 3.8) is 0 Å². The van der Waals surface area contributed by atoms with Crippen LogP contribution in [-0.4, -0.2) is 41.6 Å². The van der Waals surface area contributed by atoms with Gasteiger partial charge in [-0.3, -0.25) is 4.79 Å². The van der Waals surface area contributed by atoms with Gasteiger partial charge in [-0.15, -0.1) is 0 Å². The van der Waals surface area contributed by atoms with Gasteiger partial charge >= 0.3 is 6.09 Å². The summed E-state index contributed by atoms with van der Waals surface area (Å²) in [6, 6.07) is 0.333. The molecule has 0 spiro atoms. The van der Waals surface area contributed by atoms with Crippen molar-refractivity contribution in [3.05, 3.63) is 0 Å². The third kappa shape index (κ3) is 5.40. The summed E-state index contributed by atoms with van der Waals surface area (Å²) in [6.45, 7) is 9.05. The molecular weight excluding hydrogens is 292 g/mol. The maximum absolute atomic E-state index is 12.5. The van der Waals surface area contributed by atoms with Gasteiger partial charge in [0.15, 0.2) is 0 Å². The average molecular weight is 324 g/mol. The van der Waals surface area contributed by atoms with E-state index in [1.807, 2.05) is 20.8 Å². The zero-order valence-corrected chi connectivity index (χ0v) is 15.1. The molecule has 2 aliphatic rings. The van der Waals surface area contributed by atoms with Crippen molar-refractivity contribution in [3.8, 4) is 0 Å². The number of amides is 2. The highest BCUT2D eigenvalue weighted by Gasteiger charge is 2.31. The molecule has 2 fully saturated rings. The molecule has 2 atom stereocenters. The predicted octanol–water partition coefficient (Wildman–Crippen LogP) is 3.33. The van der Waals surface area contributed by atoms with Crippen LogP contribution in [0.25, 0.3) is 0 Å². The standard InChI is InChI=1S/C18H32N2O3/c1-13-7-5-6-8-15(13)19-16(21)14-9-11-20(12-10-14)17(22)23-18(2,3)4/h13-15H,5-12H2,1-4H3,(H,19,21). The second-order valence-electron chi connectivity index (χ2n) is 8.12. The largest absolute Gasteiger partial charge is 0.444 e. The first-order valence-corrected chi connectivity index (χ1v) is 9.04. The SMILES string of the molecule is CC1CCCCC1NC(=O)C1CCN(C(=O)OC(C)(C)C)CC1. The average Bonchev–Trinajstić information content (AvgIpc) is 2.48. The Balaban J connectivity index is 1.77. The number of rotatable bonds is 2. The molecule has 1 saturated heterocycles. The zero-order valence-electron chi connectivity index (χ0n) is 15.1. The van der Waals surface area contributed by atoms with E-state index in [0.717, 1.165) is 19.3 Å². The molecule has 0 aromatic rings. The minimum absolute atomic E-state index is 0.0304. The number of likely N-dealkylation sites (tertiary alicyclic amines) is 1. The Labute approximate surface area is 140 Å². The maximum atomic E-state index is 12.5. The van der Waals surface area contributed by atoms with E-state index in [0.29, 0.717) is 25.0 Å². The smallest absolute Gasteiger partial charge is 0.410 e. The van der Waals surface area contributed by atoms with E-state index in [2.05, 4.69) is 12.2 Å². The second kappa shape index (κ2) is 7.54. The highest BCUT2D eigenvalue weighted by Crippen LogP contribution is 2.25. The quantitative estimate of drug-likeness (QED) is 0.847. The molecule has 2 rings (SSSR count). The Bertz CT molecular complexity index is 422. The van der Waals surface area contributed by atoms with Crippen molar-refractivity contribution in [1.82, 2.24) is 10.2 Å². The van der Waals surface area contributed by atoms with E-state index in [-0.39, 0.29) is 17.9 Å². The fourth-order valence-corrected chi connectivity index (χ4v) is 3.48. The van der Waals surface area contributed by atoms with Crippen LogP contribution in [0.3, 0.4) is 0 Å². The van der Waals surface area contributed by atoms with E-state index >= 15 is 0 Å². The molecule has 0 aromatic heterocycles. The Kier molecular flexibility index (Phi) is 5.93. The minimum atomic E-state index is -0.470.